The third-order valence-electron chi connectivity index (χ3n) is 4.82. The molecule has 0 spiro atoms. The molecule has 6 heteroatoms. The van der Waals surface area contributed by atoms with E-state index in [2.05, 4.69) is 9.55 Å². The Balaban J connectivity index is 2.08. The number of hydrogen-bond donors (Lipinski definition) is 1. The molecule has 136 valence electrons. The lowest BCUT2D eigenvalue weighted by Crippen LogP contribution is -2.14. The summed E-state index contributed by atoms with van der Waals surface area (Å²) in [6.45, 7) is 1.99. The van der Waals surface area contributed by atoms with Crippen molar-refractivity contribution < 1.29 is 9.53 Å². The number of amides is 1. The van der Waals surface area contributed by atoms with Crippen LogP contribution in [0.2, 0.25) is 5.02 Å². The van der Waals surface area contributed by atoms with Crippen molar-refractivity contribution in [3.05, 3.63) is 64.9 Å². The van der Waals surface area contributed by atoms with Gasteiger partial charge in [0.1, 0.15) is 5.75 Å². The molecule has 4 rings (SSSR count). The number of carbonyl (C=O) groups is 1. The molecule has 0 unspecified atom stereocenters. The van der Waals surface area contributed by atoms with Crippen molar-refractivity contribution in [2.24, 2.45) is 5.73 Å². The first-order chi connectivity index (χ1) is 13.0. The van der Waals surface area contributed by atoms with Gasteiger partial charge in [-0.15, -0.1) is 0 Å². The van der Waals surface area contributed by atoms with Crippen LogP contribution in [-0.2, 0) is 11.2 Å². The van der Waals surface area contributed by atoms with Crippen LogP contribution in [0.1, 0.15) is 11.3 Å². The Morgan fingerprint density at radius 2 is 2.00 bits per heavy atom. The second kappa shape index (κ2) is 6.59. The van der Waals surface area contributed by atoms with E-state index in [1.807, 2.05) is 49.4 Å². The van der Waals surface area contributed by atoms with Gasteiger partial charge in [-0.3, -0.25) is 9.78 Å². The quantitative estimate of drug-likeness (QED) is 0.578. The average molecular weight is 380 g/mol. The van der Waals surface area contributed by atoms with Crippen LogP contribution in [0.25, 0.3) is 27.5 Å². The monoisotopic (exact) mass is 379 g/mol. The number of methoxy groups -OCH3 is 1. The number of nitrogens with two attached hydrogens (primary N) is 1. The fraction of sp³-hybridized carbons (Fsp3) is 0.143. The van der Waals surface area contributed by atoms with Gasteiger partial charge < -0.3 is 15.0 Å². The summed E-state index contributed by atoms with van der Waals surface area (Å²) in [6, 6.07) is 13.5. The zero-order chi connectivity index (χ0) is 19.1. The summed E-state index contributed by atoms with van der Waals surface area (Å²) >= 11 is 6.13. The molecule has 27 heavy (non-hydrogen) atoms. The Kier molecular flexibility index (Phi) is 4.24. The maximum absolute atomic E-state index is 11.7. The van der Waals surface area contributed by atoms with Gasteiger partial charge in [0.2, 0.25) is 5.91 Å². The highest BCUT2D eigenvalue weighted by Gasteiger charge is 2.19. The molecule has 0 aliphatic rings. The highest BCUT2D eigenvalue weighted by molar-refractivity contribution is 6.31. The van der Waals surface area contributed by atoms with Crippen LogP contribution in [0.4, 0.5) is 0 Å². The molecule has 2 N–H and O–H groups in total. The number of aromatic nitrogens is 2. The van der Waals surface area contributed by atoms with Gasteiger partial charge in [0.25, 0.3) is 0 Å². The van der Waals surface area contributed by atoms with Crippen molar-refractivity contribution in [1.29, 1.82) is 0 Å². The lowest BCUT2D eigenvalue weighted by Gasteiger charge is -2.12. The molecular formula is C21H18ClN3O2. The van der Waals surface area contributed by atoms with Gasteiger partial charge in [0, 0.05) is 27.7 Å². The summed E-state index contributed by atoms with van der Waals surface area (Å²) in [5.41, 5.74) is 10.1. The summed E-state index contributed by atoms with van der Waals surface area (Å²) < 4.78 is 7.50. The van der Waals surface area contributed by atoms with E-state index in [4.69, 9.17) is 22.1 Å². The maximum atomic E-state index is 11.7. The Morgan fingerprint density at radius 1 is 1.19 bits per heavy atom. The lowest BCUT2D eigenvalue weighted by atomic mass is 10.1. The molecular weight excluding hydrogens is 362 g/mol. The zero-order valence-corrected chi connectivity index (χ0v) is 15.7. The third-order valence-corrected chi connectivity index (χ3v) is 5.05. The van der Waals surface area contributed by atoms with Gasteiger partial charge in [0.05, 0.1) is 30.3 Å². The predicted molar refractivity (Wildman–Crippen MR) is 108 cm³/mol. The summed E-state index contributed by atoms with van der Waals surface area (Å²) in [6.07, 6.45) is 1.92. The summed E-state index contributed by atoms with van der Waals surface area (Å²) in [7, 11) is 1.62. The number of benzene rings is 2. The summed E-state index contributed by atoms with van der Waals surface area (Å²) in [4.78, 5) is 16.1. The number of rotatable bonds is 4. The highest BCUT2D eigenvalue weighted by atomic mass is 35.5. The van der Waals surface area contributed by atoms with Gasteiger partial charge in [-0.05, 0) is 55.0 Å². The number of pyridine rings is 1. The topological polar surface area (TPSA) is 70.1 Å². The number of carbonyl (C=O) groups excluding carboxylic acids is 1. The van der Waals surface area contributed by atoms with Crippen LogP contribution in [0.3, 0.4) is 0 Å². The molecule has 2 aromatic heterocycles. The van der Waals surface area contributed by atoms with E-state index in [9.17, 15) is 4.79 Å². The fourth-order valence-electron chi connectivity index (χ4n) is 3.60. The number of halogens is 1. The summed E-state index contributed by atoms with van der Waals surface area (Å²) in [5.74, 6) is 0.364. The Labute approximate surface area is 161 Å². The van der Waals surface area contributed by atoms with Crippen LogP contribution in [0.15, 0.2) is 48.7 Å². The van der Waals surface area contributed by atoms with Crippen LogP contribution < -0.4 is 10.5 Å². The van der Waals surface area contributed by atoms with Gasteiger partial charge in [-0.2, -0.15) is 0 Å². The van der Waals surface area contributed by atoms with Crippen molar-refractivity contribution in [3.63, 3.8) is 0 Å². The third kappa shape index (κ3) is 2.90. The predicted octanol–water partition coefficient (Wildman–Crippen LogP) is 4.18. The molecule has 0 atom stereocenters. The fourth-order valence-corrected chi connectivity index (χ4v) is 3.76. The number of fused-ring (bicyclic) bond motifs is 2. The van der Waals surface area contributed by atoms with E-state index in [0.29, 0.717) is 5.02 Å². The van der Waals surface area contributed by atoms with E-state index >= 15 is 0 Å². The molecule has 0 fully saturated rings. The largest absolute Gasteiger partial charge is 0.497 e. The van der Waals surface area contributed by atoms with E-state index in [-0.39, 0.29) is 12.3 Å². The molecule has 0 radical (unpaired) electrons. The maximum Gasteiger partial charge on any atom is 0.221 e. The first kappa shape index (κ1) is 17.4. The summed E-state index contributed by atoms with van der Waals surface area (Å²) in [5, 5.41) is 2.56. The Hall–Kier alpha value is -3.05. The standard InChI is InChI=1S/C21H18ClN3O2/c1-12-16(11-21(23)26)17-10-14(27-2)4-6-19(17)25(12)20-7-8-24-18-9-13(22)3-5-15(18)20/h3-10H,11H2,1-2H3,(H2,23,26). The van der Waals surface area contributed by atoms with Crippen molar-refractivity contribution in [2.45, 2.75) is 13.3 Å². The van der Waals surface area contributed by atoms with Crippen molar-refractivity contribution in [1.82, 2.24) is 9.55 Å². The molecule has 0 bridgehead atoms. The lowest BCUT2D eigenvalue weighted by molar-refractivity contribution is -0.117. The van der Waals surface area contributed by atoms with Gasteiger partial charge >= 0.3 is 0 Å². The van der Waals surface area contributed by atoms with E-state index in [1.165, 1.54) is 0 Å². The van der Waals surface area contributed by atoms with Crippen molar-refractivity contribution in [2.75, 3.05) is 7.11 Å². The minimum absolute atomic E-state index is 0.164. The van der Waals surface area contributed by atoms with E-state index in [1.54, 1.807) is 13.3 Å². The molecule has 5 nitrogen and oxygen atoms in total. The van der Waals surface area contributed by atoms with Gasteiger partial charge in [-0.1, -0.05) is 11.6 Å². The number of nitrogens with zero attached hydrogens (tertiary/aromatic N) is 2. The van der Waals surface area contributed by atoms with Crippen LogP contribution >= 0.6 is 11.6 Å². The Bertz CT molecular complexity index is 1200. The Morgan fingerprint density at radius 3 is 2.74 bits per heavy atom. The minimum atomic E-state index is -0.369. The molecule has 4 aromatic rings. The molecule has 2 aromatic carbocycles. The minimum Gasteiger partial charge on any atom is -0.497 e. The first-order valence-electron chi connectivity index (χ1n) is 8.50. The van der Waals surface area contributed by atoms with Crippen molar-refractivity contribution >= 4 is 39.3 Å². The molecule has 0 saturated carbocycles. The molecule has 2 heterocycles. The SMILES string of the molecule is COc1ccc2c(c1)c(CC(N)=O)c(C)n2-c1ccnc2cc(Cl)ccc12. The van der Waals surface area contributed by atoms with Crippen molar-refractivity contribution in [3.8, 4) is 11.4 Å². The van der Waals surface area contributed by atoms with E-state index < -0.39 is 0 Å². The second-order valence-electron chi connectivity index (χ2n) is 6.42. The van der Waals surface area contributed by atoms with E-state index in [0.717, 1.165) is 44.5 Å². The second-order valence-corrected chi connectivity index (χ2v) is 6.85. The van der Waals surface area contributed by atoms with Crippen LogP contribution in [0, 0.1) is 6.92 Å². The van der Waals surface area contributed by atoms with Gasteiger partial charge in [-0.25, -0.2) is 0 Å². The number of primary amides is 1. The number of ether oxygens (including phenoxy) is 1. The number of hydrogen-bond acceptors (Lipinski definition) is 3. The van der Waals surface area contributed by atoms with Crippen LogP contribution in [-0.4, -0.2) is 22.6 Å². The normalized spacial score (nSPS) is 11.2. The van der Waals surface area contributed by atoms with Crippen LogP contribution in [0.5, 0.6) is 5.75 Å². The average Bonchev–Trinajstić information content (AvgIpc) is 2.91. The molecule has 0 saturated heterocycles. The first-order valence-corrected chi connectivity index (χ1v) is 8.88. The zero-order valence-electron chi connectivity index (χ0n) is 15.0. The van der Waals surface area contributed by atoms with Gasteiger partial charge in [0.15, 0.2) is 0 Å². The molecule has 1 amide bonds. The molecule has 0 aliphatic carbocycles. The smallest absolute Gasteiger partial charge is 0.221 e. The molecule has 0 aliphatic heterocycles. The highest BCUT2D eigenvalue weighted by Crippen LogP contribution is 2.34.